The van der Waals surface area contributed by atoms with E-state index in [0.717, 1.165) is 35.4 Å². The van der Waals surface area contributed by atoms with E-state index in [1.54, 1.807) is 7.11 Å². The van der Waals surface area contributed by atoms with Crippen LogP contribution in [0.2, 0.25) is 0 Å². The smallest absolute Gasteiger partial charge is 0.165 e. The van der Waals surface area contributed by atoms with Crippen LogP contribution in [0.25, 0.3) is 0 Å². The van der Waals surface area contributed by atoms with E-state index < -0.39 is 6.10 Å². The lowest BCUT2D eigenvalue weighted by molar-refractivity contribution is -0.926. The van der Waals surface area contributed by atoms with Crippen LogP contribution in [0.4, 0.5) is 0 Å². The zero-order valence-corrected chi connectivity index (χ0v) is 14.0. The highest BCUT2D eigenvalue weighted by molar-refractivity contribution is 5.61. The molecule has 0 amide bonds. The molecule has 1 saturated heterocycles. The topological polar surface area (TPSA) is 38.7 Å². The zero-order valence-electron chi connectivity index (χ0n) is 14.0. The Kier molecular flexibility index (Phi) is 2.48. The van der Waals surface area contributed by atoms with Crippen LogP contribution in [0.3, 0.4) is 0 Å². The summed E-state index contributed by atoms with van der Waals surface area (Å²) in [6.07, 6.45) is 5.64. The first-order chi connectivity index (χ1) is 11.0. The van der Waals surface area contributed by atoms with Crippen LogP contribution in [0.5, 0.6) is 11.5 Å². The van der Waals surface area contributed by atoms with Crippen molar-refractivity contribution in [1.29, 1.82) is 0 Å². The van der Waals surface area contributed by atoms with Gasteiger partial charge in [0.25, 0.3) is 0 Å². The second kappa shape index (κ2) is 4.11. The van der Waals surface area contributed by atoms with Crippen molar-refractivity contribution in [2.75, 3.05) is 27.7 Å². The average molecular weight is 314 g/mol. The summed E-state index contributed by atoms with van der Waals surface area (Å²) in [6, 6.07) is 4.79. The lowest BCUT2D eigenvalue weighted by Crippen LogP contribution is -2.70. The number of piperidine rings is 1. The third-order valence-corrected chi connectivity index (χ3v) is 6.91. The fourth-order valence-corrected chi connectivity index (χ4v) is 5.75. The summed E-state index contributed by atoms with van der Waals surface area (Å²) in [5, 5.41) is 10.6. The molecule has 0 unspecified atom stereocenters. The number of hydrogen-bond acceptors (Lipinski definition) is 3. The van der Waals surface area contributed by atoms with Crippen molar-refractivity contribution in [3.63, 3.8) is 0 Å². The number of hydrogen-bond donors (Lipinski definition) is 1. The van der Waals surface area contributed by atoms with E-state index in [0.29, 0.717) is 12.0 Å². The van der Waals surface area contributed by atoms with Gasteiger partial charge in [0.1, 0.15) is 18.2 Å². The maximum absolute atomic E-state index is 10.6. The number of ether oxygens (including phenoxy) is 2. The molecule has 1 spiro atoms. The number of quaternary nitrogens is 1. The molecule has 2 aliphatic heterocycles. The molecule has 0 radical (unpaired) electrons. The molecule has 1 aromatic rings. The number of aliphatic hydroxyl groups is 1. The van der Waals surface area contributed by atoms with Gasteiger partial charge in [-0.15, -0.1) is 0 Å². The number of aliphatic hydroxyl groups excluding tert-OH is 1. The Morgan fingerprint density at radius 2 is 2.13 bits per heavy atom. The summed E-state index contributed by atoms with van der Waals surface area (Å²) >= 11 is 0. The number of methoxy groups -OCH3 is 1. The highest BCUT2D eigenvalue weighted by Gasteiger charge is 2.67. The van der Waals surface area contributed by atoms with E-state index in [1.807, 2.05) is 12.1 Å². The number of benzene rings is 1. The quantitative estimate of drug-likeness (QED) is 0.633. The molecular formula is C19H24NO3+. The Balaban J connectivity index is 1.82. The molecule has 0 aromatic heterocycles. The van der Waals surface area contributed by atoms with Crippen LogP contribution in [0.15, 0.2) is 24.3 Å². The Hall–Kier alpha value is -1.52. The molecule has 1 aromatic carbocycles. The van der Waals surface area contributed by atoms with E-state index in [1.165, 1.54) is 11.1 Å². The predicted octanol–water partition coefficient (Wildman–Crippen LogP) is 1.65. The zero-order chi connectivity index (χ0) is 16.0. The fraction of sp³-hybridized carbons (Fsp3) is 0.579. The van der Waals surface area contributed by atoms with Gasteiger partial charge in [-0.25, -0.2) is 0 Å². The molecule has 2 aliphatic carbocycles. The first kappa shape index (κ1) is 13.9. The minimum absolute atomic E-state index is 0.0793. The fourth-order valence-electron chi connectivity index (χ4n) is 5.75. The lowest BCUT2D eigenvalue weighted by atomic mass is 9.53. The monoisotopic (exact) mass is 314 g/mol. The van der Waals surface area contributed by atoms with Gasteiger partial charge in [-0.2, -0.15) is 0 Å². The van der Waals surface area contributed by atoms with Crippen LogP contribution in [-0.2, 0) is 11.8 Å². The molecule has 5 atom stereocenters. The standard InChI is InChI=1S/C19H24NO3/c1-20(2)9-8-19-12-5-6-14(21)18(19)23-17-15(22-3)7-4-11(16(17)19)10-13(12)20/h4-7,12-14,18,21H,8-10H2,1-3H3/q+1/t12-,13+,14-,18+,19-/m0/s1. The molecule has 5 rings (SSSR count). The lowest BCUT2D eigenvalue weighted by Gasteiger charge is -2.58. The summed E-state index contributed by atoms with van der Waals surface area (Å²) < 4.78 is 12.9. The van der Waals surface area contributed by atoms with E-state index in [-0.39, 0.29) is 11.5 Å². The average Bonchev–Trinajstić information content (AvgIpc) is 2.88. The van der Waals surface area contributed by atoms with E-state index in [2.05, 4.69) is 26.2 Å². The Labute approximate surface area is 136 Å². The van der Waals surface area contributed by atoms with Crippen molar-refractivity contribution in [1.82, 2.24) is 0 Å². The minimum atomic E-state index is -0.538. The van der Waals surface area contributed by atoms with Crippen molar-refractivity contribution in [3.05, 3.63) is 35.4 Å². The van der Waals surface area contributed by atoms with E-state index >= 15 is 0 Å². The molecule has 1 N–H and O–H groups in total. The van der Waals surface area contributed by atoms with Crippen molar-refractivity contribution < 1.29 is 19.1 Å². The van der Waals surface area contributed by atoms with Gasteiger partial charge in [0.2, 0.25) is 0 Å². The van der Waals surface area contributed by atoms with Crippen LogP contribution in [0, 0.1) is 5.92 Å². The van der Waals surface area contributed by atoms with Gasteiger partial charge in [-0.3, -0.25) is 0 Å². The Morgan fingerprint density at radius 1 is 1.30 bits per heavy atom. The summed E-state index contributed by atoms with van der Waals surface area (Å²) in [7, 11) is 6.38. The molecule has 4 nitrogen and oxygen atoms in total. The molecular weight excluding hydrogens is 290 g/mol. The number of nitrogens with zero attached hydrogens (tertiary/aromatic N) is 1. The molecule has 4 heteroatoms. The molecule has 0 saturated carbocycles. The second-order valence-electron chi connectivity index (χ2n) is 8.13. The van der Waals surface area contributed by atoms with Gasteiger partial charge in [0.05, 0.1) is 33.2 Å². The summed E-state index contributed by atoms with van der Waals surface area (Å²) in [5.41, 5.74) is 2.63. The van der Waals surface area contributed by atoms with Gasteiger partial charge in [0.15, 0.2) is 11.5 Å². The van der Waals surface area contributed by atoms with E-state index in [9.17, 15) is 5.11 Å². The SMILES string of the molecule is COc1ccc2c3c1O[C@@H]1[C@@H](O)C=C[C@H]4[C@@H](C2)[N+](C)(C)CC[C@]314. The third kappa shape index (κ3) is 1.45. The molecule has 122 valence electrons. The Bertz CT molecular complexity index is 726. The van der Waals surface area contributed by atoms with Gasteiger partial charge in [-0.05, 0) is 11.6 Å². The van der Waals surface area contributed by atoms with Gasteiger partial charge in [0, 0.05) is 24.3 Å². The summed E-state index contributed by atoms with van der Waals surface area (Å²) in [4.78, 5) is 0. The molecule has 23 heavy (non-hydrogen) atoms. The normalized spacial score (nSPS) is 41.2. The summed E-state index contributed by atoms with van der Waals surface area (Å²) in [5.74, 6) is 2.12. The number of rotatable bonds is 1. The number of likely N-dealkylation sites (N-methyl/N-ethyl adjacent to an activating group) is 1. The highest BCUT2D eigenvalue weighted by Crippen LogP contribution is 2.63. The summed E-state index contributed by atoms with van der Waals surface area (Å²) in [6.45, 7) is 1.12. The van der Waals surface area contributed by atoms with Gasteiger partial charge < -0.3 is 19.1 Å². The maximum atomic E-state index is 10.6. The highest BCUT2D eigenvalue weighted by atomic mass is 16.5. The number of likely N-dealkylation sites (tertiary alicyclic amines) is 1. The first-order valence-corrected chi connectivity index (χ1v) is 8.55. The van der Waals surface area contributed by atoms with Crippen molar-refractivity contribution in [3.8, 4) is 11.5 Å². The minimum Gasteiger partial charge on any atom is -0.493 e. The molecule has 4 aliphatic rings. The van der Waals surface area contributed by atoms with Crippen LogP contribution in [0.1, 0.15) is 17.5 Å². The van der Waals surface area contributed by atoms with Crippen LogP contribution in [-0.4, -0.2) is 55.6 Å². The largest absolute Gasteiger partial charge is 0.493 e. The van der Waals surface area contributed by atoms with Crippen LogP contribution < -0.4 is 9.47 Å². The second-order valence-corrected chi connectivity index (χ2v) is 8.13. The molecule has 2 bridgehead atoms. The Morgan fingerprint density at radius 3 is 2.91 bits per heavy atom. The van der Waals surface area contributed by atoms with Crippen LogP contribution >= 0.6 is 0 Å². The first-order valence-electron chi connectivity index (χ1n) is 8.55. The molecule has 2 heterocycles. The third-order valence-electron chi connectivity index (χ3n) is 6.91. The maximum Gasteiger partial charge on any atom is 0.165 e. The van der Waals surface area contributed by atoms with Gasteiger partial charge in [-0.1, -0.05) is 18.2 Å². The van der Waals surface area contributed by atoms with Gasteiger partial charge >= 0.3 is 0 Å². The molecule has 1 fully saturated rings. The van der Waals surface area contributed by atoms with Crippen molar-refractivity contribution >= 4 is 0 Å². The van der Waals surface area contributed by atoms with Crippen molar-refractivity contribution in [2.24, 2.45) is 5.92 Å². The predicted molar refractivity (Wildman–Crippen MR) is 86.8 cm³/mol. The van der Waals surface area contributed by atoms with Crippen molar-refractivity contribution in [2.45, 2.75) is 36.5 Å². The van der Waals surface area contributed by atoms with E-state index in [4.69, 9.17) is 9.47 Å².